The molecule has 0 aliphatic heterocycles. The second kappa shape index (κ2) is 9.04. The van der Waals surface area contributed by atoms with Crippen molar-refractivity contribution in [1.29, 1.82) is 0 Å². The fraction of sp³-hybridized carbons (Fsp3) is 0.400. The highest BCUT2D eigenvalue weighted by molar-refractivity contribution is 7.25. The van der Waals surface area contributed by atoms with E-state index in [1.165, 1.54) is 20.2 Å². The summed E-state index contributed by atoms with van der Waals surface area (Å²) < 4.78 is 14.2. The molecule has 134 valence electrons. The zero-order valence-corrected chi connectivity index (χ0v) is 15.7. The van der Waals surface area contributed by atoms with Gasteiger partial charge in [-0.25, -0.2) is 0 Å². The molecule has 3 aromatic rings. The van der Waals surface area contributed by atoms with Gasteiger partial charge in [0.05, 0.1) is 13.2 Å². The van der Waals surface area contributed by atoms with Gasteiger partial charge in [0.1, 0.15) is 11.5 Å². The summed E-state index contributed by atoms with van der Waals surface area (Å²) in [6.45, 7) is 3.42. The SMILES string of the molecule is CNCCCOc1ccc2c(c1)sc1cc(OCCCNC)ccc12. The number of rotatable bonds is 10. The maximum absolute atomic E-state index is 5.85. The maximum atomic E-state index is 5.85. The van der Waals surface area contributed by atoms with Gasteiger partial charge in [0.15, 0.2) is 0 Å². The first kappa shape index (κ1) is 18.0. The second-order valence-corrected chi connectivity index (χ2v) is 7.11. The van der Waals surface area contributed by atoms with E-state index in [-0.39, 0.29) is 0 Å². The summed E-state index contributed by atoms with van der Waals surface area (Å²) in [7, 11) is 3.92. The van der Waals surface area contributed by atoms with Crippen LogP contribution in [0.1, 0.15) is 12.8 Å². The molecule has 5 heteroatoms. The van der Waals surface area contributed by atoms with Gasteiger partial charge in [-0.2, -0.15) is 0 Å². The lowest BCUT2D eigenvalue weighted by molar-refractivity contribution is 0.310. The van der Waals surface area contributed by atoms with E-state index in [1.807, 2.05) is 14.1 Å². The van der Waals surface area contributed by atoms with Crippen LogP contribution in [0.4, 0.5) is 0 Å². The molecule has 3 rings (SSSR count). The van der Waals surface area contributed by atoms with Gasteiger partial charge in [-0.1, -0.05) is 0 Å². The van der Waals surface area contributed by atoms with Crippen molar-refractivity contribution in [1.82, 2.24) is 10.6 Å². The summed E-state index contributed by atoms with van der Waals surface area (Å²) in [5.41, 5.74) is 0. The van der Waals surface area contributed by atoms with Gasteiger partial charge in [0.2, 0.25) is 0 Å². The molecule has 4 nitrogen and oxygen atoms in total. The third-order valence-electron chi connectivity index (χ3n) is 4.10. The minimum atomic E-state index is 0.738. The fourth-order valence-electron chi connectivity index (χ4n) is 2.80. The standard InChI is InChI=1S/C20H26N2O2S/c1-21-9-3-11-23-15-5-7-17-18-8-6-16(24-12-4-10-22-2)14-20(18)25-19(17)13-15/h5-8,13-14,21-22H,3-4,9-12H2,1-2H3. The molecule has 0 amide bonds. The van der Waals surface area contributed by atoms with Gasteiger partial charge in [-0.05, 0) is 76.4 Å². The molecule has 0 aliphatic rings. The maximum Gasteiger partial charge on any atom is 0.120 e. The molecule has 0 saturated carbocycles. The third kappa shape index (κ3) is 4.63. The van der Waals surface area contributed by atoms with Crippen molar-refractivity contribution >= 4 is 31.5 Å². The average molecular weight is 359 g/mol. The molecule has 0 bridgehead atoms. The van der Waals surface area contributed by atoms with Gasteiger partial charge >= 0.3 is 0 Å². The molecule has 0 aliphatic carbocycles. The molecule has 0 saturated heterocycles. The van der Waals surface area contributed by atoms with Gasteiger partial charge in [-0.3, -0.25) is 0 Å². The Balaban J connectivity index is 1.73. The number of hydrogen-bond acceptors (Lipinski definition) is 5. The Morgan fingerprint density at radius 1 is 0.760 bits per heavy atom. The van der Waals surface area contributed by atoms with Crippen molar-refractivity contribution in [2.45, 2.75) is 12.8 Å². The average Bonchev–Trinajstić information content (AvgIpc) is 2.99. The van der Waals surface area contributed by atoms with Crippen LogP contribution in [0.15, 0.2) is 36.4 Å². The largest absolute Gasteiger partial charge is 0.493 e. The van der Waals surface area contributed by atoms with Crippen molar-refractivity contribution in [2.75, 3.05) is 40.4 Å². The lowest BCUT2D eigenvalue weighted by Crippen LogP contribution is -2.11. The van der Waals surface area contributed by atoms with Crippen LogP contribution in [0.2, 0.25) is 0 Å². The first-order valence-corrected chi connectivity index (χ1v) is 9.64. The predicted octanol–water partition coefficient (Wildman–Crippen LogP) is 4.03. The molecule has 2 aromatic carbocycles. The molecule has 0 spiro atoms. The molecule has 1 aromatic heterocycles. The Morgan fingerprint density at radius 2 is 1.24 bits per heavy atom. The van der Waals surface area contributed by atoms with Crippen molar-refractivity contribution < 1.29 is 9.47 Å². The van der Waals surface area contributed by atoms with E-state index >= 15 is 0 Å². The number of thiophene rings is 1. The summed E-state index contributed by atoms with van der Waals surface area (Å²) in [4.78, 5) is 0. The van der Waals surface area contributed by atoms with E-state index in [2.05, 4.69) is 47.0 Å². The van der Waals surface area contributed by atoms with Crippen molar-refractivity contribution in [2.24, 2.45) is 0 Å². The Morgan fingerprint density at radius 3 is 1.68 bits per heavy atom. The van der Waals surface area contributed by atoms with E-state index < -0.39 is 0 Å². The third-order valence-corrected chi connectivity index (χ3v) is 5.21. The minimum Gasteiger partial charge on any atom is -0.493 e. The Hall–Kier alpha value is -1.82. The summed E-state index contributed by atoms with van der Waals surface area (Å²) in [6, 6.07) is 12.7. The summed E-state index contributed by atoms with van der Waals surface area (Å²) >= 11 is 1.79. The van der Waals surface area contributed by atoms with E-state index in [4.69, 9.17) is 9.47 Å². The summed E-state index contributed by atoms with van der Waals surface area (Å²) in [6.07, 6.45) is 2.02. The highest BCUT2D eigenvalue weighted by Crippen LogP contribution is 2.37. The van der Waals surface area contributed by atoms with E-state index in [1.54, 1.807) is 11.3 Å². The molecule has 0 unspecified atom stereocenters. The number of hydrogen-bond donors (Lipinski definition) is 2. The zero-order valence-electron chi connectivity index (χ0n) is 14.9. The minimum absolute atomic E-state index is 0.738. The molecule has 1 heterocycles. The van der Waals surface area contributed by atoms with Gasteiger partial charge in [0.25, 0.3) is 0 Å². The van der Waals surface area contributed by atoms with Crippen molar-refractivity contribution in [3.63, 3.8) is 0 Å². The van der Waals surface area contributed by atoms with E-state index in [0.29, 0.717) is 0 Å². The highest BCUT2D eigenvalue weighted by atomic mass is 32.1. The van der Waals surface area contributed by atoms with E-state index in [9.17, 15) is 0 Å². The highest BCUT2D eigenvalue weighted by Gasteiger charge is 2.08. The molecular formula is C20H26N2O2S. The van der Waals surface area contributed by atoms with Crippen molar-refractivity contribution in [3.05, 3.63) is 36.4 Å². The quantitative estimate of drug-likeness (QED) is 0.537. The lowest BCUT2D eigenvalue weighted by atomic mass is 10.1. The monoisotopic (exact) mass is 358 g/mol. The Bertz CT molecular complexity index is 750. The summed E-state index contributed by atoms with van der Waals surface area (Å²) in [5, 5.41) is 8.83. The number of benzene rings is 2. The first-order chi connectivity index (χ1) is 12.3. The van der Waals surface area contributed by atoms with Gasteiger partial charge in [0, 0.05) is 20.2 Å². The van der Waals surface area contributed by atoms with Crippen LogP contribution in [0, 0.1) is 0 Å². The van der Waals surface area contributed by atoms with Crippen LogP contribution in [-0.2, 0) is 0 Å². The van der Waals surface area contributed by atoms with Crippen LogP contribution in [0.25, 0.3) is 20.2 Å². The molecule has 0 radical (unpaired) electrons. The Kier molecular flexibility index (Phi) is 6.50. The number of fused-ring (bicyclic) bond motifs is 3. The van der Waals surface area contributed by atoms with Crippen LogP contribution < -0.4 is 20.1 Å². The van der Waals surface area contributed by atoms with Crippen molar-refractivity contribution in [3.8, 4) is 11.5 Å². The first-order valence-electron chi connectivity index (χ1n) is 8.83. The zero-order chi connectivity index (χ0) is 17.5. The van der Waals surface area contributed by atoms with Crippen LogP contribution in [0.3, 0.4) is 0 Å². The smallest absolute Gasteiger partial charge is 0.120 e. The van der Waals surface area contributed by atoms with E-state index in [0.717, 1.165) is 50.6 Å². The molecule has 25 heavy (non-hydrogen) atoms. The lowest BCUT2D eigenvalue weighted by Gasteiger charge is -2.06. The number of ether oxygens (including phenoxy) is 2. The summed E-state index contributed by atoms with van der Waals surface area (Å²) in [5.74, 6) is 1.89. The molecule has 0 fully saturated rings. The number of nitrogens with one attached hydrogen (secondary N) is 2. The predicted molar refractivity (Wildman–Crippen MR) is 107 cm³/mol. The molecule has 2 N–H and O–H groups in total. The van der Waals surface area contributed by atoms with Crippen LogP contribution >= 0.6 is 11.3 Å². The molecule has 0 atom stereocenters. The van der Waals surface area contributed by atoms with Crippen LogP contribution in [0.5, 0.6) is 11.5 Å². The fourth-order valence-corrected chi connectivity index (χ4v) is 3.96. The van der Waals surface area contributed by atoms with Gasteiger partial charge in [-0.15, -0.1) is 11.3 Å². The topological polar surface area (TPSA) is 42.5 Å². The molecular weight excluding hydrogens is 332 g/mol. The Labute approximate surface area is 153 Å². The second-order valence-electron chi connectivity index (χ2n) is 6.03. The van der Waals surface area contributed by atoms with Gasteiger partial charge < -0.3 is 20.1 Å². The van der Waals surface area contributed by atoms with Crippen LogP contribution in [-0.4, -0.2) is 40.4 Å². The normalized spacial score (nSPS) is 11.3.